The van der Waals surface area contributed by atoms with Crippen LogP contribution in [0.25, 0.3) is 0 Å². The van der Waals surface area contributed by atoms with Crippen LogP contribution in [-0.2, 0) is 17.9 Å². The highest BCUT2D eigenvalue weighted by molar-refractivity contribution is 5.78. The van der Waals surface area contributed by atoms with Gasteiger partial charge in [-0.15, -0.1) is 0 Å². The highest BCUT2D eigenvalue weighted by Crippen LogP contribution is 2.14. The van der Waals surface area contributed by atoms with Crippen LogP contribution in [0.3, 0.4) is 0 Å². The lowest BCUT2D eigenvalue weighted by Gasteiger charge is -2.19. The average Bonchev–Trinajstić information content (AvgIpc) is 2.81. The quantitative estimate of drug-likeness (QED) is 0.847. The number of amides is 1. The fraction of sp³-hybridized carbons (Fsp3) is 0.611. The summed E-state index contributed by atoms with van der Waals surface area (Å²) in [5, 5.41) is 2.93. The van der Waals surface area contributed by atoms with Crippen molar-refractivity contribution in [3.05, 3.63) is 35.4 Å². The first-order valence-corrected chi connectivity index (χ1v) is 8.47. The summed E-state index contributed by atoms with van der Waals surface area (Å²) >= 11 is 0. The molecule has 1 saturated heterocycles. The van der Waals surface area contributed by atoms with Crippen LogP contribution >= 0.6 is 0 Å². The number of hydrogen-bond acceptors (Lipinski definition) is 3. The Balaban J connectivity index is 1.80. The van der Waals surface area contributed by atoms with Gasteiger partial charge in [-0.3, -0.25) is 9.69 Å². The van der Waals surface area contributed by atoms with Crippen molar-refractivity contribution in [3.63, 3.8) is 0 Å². The number of likely N-dealkylation sites (tertiary alicyclic amines) is 1. The molecule has 4 nitrogen and oxygen atoms in total. The Labute approximate surface area is 134 Å². The minimum Gasteiger partial charge on any atom is -0.352 e. The maximum absolute atomic E-state index is 11.7. The molecule has 0 spiro atoms. The molecule has 0 saturated carbocycles. The van der Waals surface area contributed by atoms with Crippen LogP contribution < -0.4 is 11.1 Å². The van der Waals surface area contributed by atoms with Gasteiger partial charge in [-0.1, -0.05) is 44.0 Å². The molecule has 22 heavy (non-hydrogen) atoms. The van der Waals surface area contributed by atoms with E-state index in [-0.39, 0.29) is 11.8 Å². The minimum atomic E-state index is -0.123. The lowest BCUT2D eigenvalue weighted by molar-refractivity contribution is -0.124. The van der Waals surface area contributed by atoms with Crippen molar-refractivity contribution in [3.8, 4) is 0 Å². The van der Waals surface area contributed by atoms with E-state index in [4.69, 9.17) is 5.73 Å². The smallest absolute Gasteiger partial charge is 0.224 e. The van der Waals surface area contributed by atoms with Crippen molar-refractivity contribution in [2.24, 2.45) is 11.7 Å². The highest BCUT2D eigenvalue weighted by Gasteiger charge is 2.11. The molecule has 1 aromatic carbocycles. The first-order chi connectivity index (χ1) is 10.7. The highest BCUT2D eigenvalue weighted by atomic mass is 16.1. The molecule has 1 amide bonds. The minimum absolute atomic E-state index is 0.0242. The molecule has 1 fully saturated rings. The summed E-state index contributed by atoms with van der Waals surface area (Å²) in [6.45, 7) is 6.29. The fourth-order valence-corrected chi connectivity index (χ4v) is 2.79. The predicted molar refractivity (Wildman–Crippen MR) is 90.3 cm³/mol. The molecule has 1 heterocycles. The van der Waals surface area contributed by atoms with Crippen LogP contribution in [0.4, 0.5) is 0 Å². The molecule has 2 rings (SSSR count). The van der Waals surface area contributed by atoms with Crippen LogP contribution in [0.2, 0.25) is 0 Å². The molecular weight excluding hydrogens is 274 g/mol. The van der Waals surface area contributed by atoms with Gasteiger partial charge < -0.3 is 11.1 Å². The van der Waals surface area contributed by atoms with E-state index < -0.39 is 0 Å². The largest absolute Gasteiger partial charge is 0.352 e. The normalized spacial score (nSPS) is 17.7. The molecule has 1 unspecified atom stereocenters. The zero-order chi connectivity index (χ0) is 15.8. The molecule has 0 radical (unpaired) electrons. The van der Waals surface area contributed by atoms with E-state index in [1.807, 2.05) is 6.92 Å². The third-order valence-corrected chi connectivity index (χ3v) is 4.40. The zero-order valence-electron chi connectivity index (χ0n) is 13.7. The number of carbonyl (C=O) groups excluding carboxylic acids is 1. The van der Waals surface area contributed by atoms with E-state index in [0.29, 0.717) is 13.1 Å². The molecule has 4 heteroatoms. The third kappa shape index (κ3) is 5.43. The second kappa shape index (κ2) is 8.91. The molecule has 1 aromatic rings. The Morgan fingerprint density at radius 1 is 1.14 bits per heavy atom. The van der Waals surface area contributed by atoms with Gasteiger partial charge in [0.2, 0.25) is 5.91 Å². The second-order valence-electron chi connectivity index (χ2n) is 6.36. The van der Waals surface area contributed by atoms with Gasteiger partial charge >= 0.3 is 0 Å². The summed E-state index contributed by atoms with van der Waals surface area (Å²) in [7, 11) is 0. The Kier molecular flexibility index (Phi) is 6.87. The van der Waals surface area contributed by atoms with Gasteiger partial charge in [-0.05, 0) is 37.1 Å². The van der Waals surface area contributed by atoms with Gasteiger partial charge in [-0.25, -0.2) is 0 Å². The molecule has 1 aliphatic heterocycles. The summed E-state index contributed by atoms with van der Waals surface area (Å²) < 4.78 is 0. The molecule has 122 valence electrons. The van der Waals surface area contributed by atoms with Crippen molar-refractivity contribution in [1.82, 2.24) is 10.2 Å². The average molecular weight is 303 g/mol. The van der Waals surface area contributed by atoms with E-state index in [9.17, 15) is 4.79 Å². The third-order valence-electron chi connectivity index (χ3n) is 4.40. The Hall–Kier alpha value is -1.39. The predicted octanol–water partition coefficient (Wildman–Crippen LogP) is 2.27. The van der Waals surface area contributed by atoms with Crippen LogP contribution in [0.1, 0.15) is 43.7 Å². The number of nitrogens with two attached hydrogens (primary N) is 1. The van der Waals surface area contributed by atoms with Crippen molar-refractivity contribution in [2.75, 3.05) is 19.6 Å². The summed E-state index contributed by atoms with van der Waals surface area (Å²) in [5.41, 5.74) is 7.99. The fourth-order valence-electron chi connectivity index (χ4n) is 2.79. The Morgan fingerprint density at radius 3 is 2.32 bits per heavy atom. The van der Waals surface area contributed by atoms with Crippen LogP contribution in [0, 0.1) is 5.92 Å². The Bertz CT molecular complexity index is 450. The molecular formula is C18H29N3O. The summed E-state index contributed by atoms with van der Waals surface area (Å²) in [6, 6.07) is 8.58. The summed E-state index contributed by atoms with van der Waals surface area (Å²) in [5.74, 6) is -0.0987. The van der Waals surface area contributed by atoms with Gasteiger partial charge in [0, 0.05) is 25.6 Å². The van der Waals surface area contributed by atoms with Crippen LogP contribution in [0.15, 0.2) is 24.3 Å². The molecule has 0 aromatic heterocycles. The van der Waals surface area contributed by atoms with Gasteiger partial charge in [0.25, 0.3) is 0 Å². The molecule has 0 aliphatic carbocycles. The van der Waals surface area contributed by atoms with Gasteiger partial charge in [0.1, 0.15) is 0 Å². The van der Waals surface area contributed by atoms with Crippen molar-refractivity contribution < 1.29 is 4.79 Å². The number of rotatable bonds is 6. The van der Waals surface area contributed by atoms with E-state index in [2.05, 4.69) is 34.5 Å². The van der Waals surface area contributed by atoms with Gasteiger partial charge in [0.05, 0.1) is 0 Å². The van der Waals surface area contributed by atoms with Crippen molar-refractivity contribution in [1.29, 1.82) is 0 Å². The maximum Gasteiger partial charge on any atom is 0.224 e. The first kappa shape index (κ1) is 17.0. The number of hydrogen-bond donors (Lipinski definition) is 2. The molecule has 1 atom stereocenters. The van der Waals surface area contributed by atoms with E-state index in [1.54, 1.807) is 0 Å². The van der Waals surface area contributed by atoms with Crippen LogP contribution in [0.5, 0.6) is 0 Å². The SMILES string of the molecule is CC(CN)C(=O)NCc1ccc(CN2CCCCCC2)cc1. The first-order valence-electron chi connectivity index (χ1n) is 8.47. The van der Waals surface area contributed by atoms with E-state index in [1.165, 1.54) is 44.3 Å². The number of nitrogens with zero attached hydrogens (tertiary/aromatic N) is 1. The number of nitrogens with one attached hydrogen (secondary N) is 1. The molecule has 1 aliphatic rings. The number of benzene rings is 1. The standard InChI is InChI=1S/C18H29N3O/c1-15(12-19)18(22)20-13-16-6-8-17(9-7-16)14-21-10-4-2-3-5-11-21/h6-9,15H,2-5,10-14,19H2,1H3,(H,20,22). The van der Waals surface area contributed by atoms with Crippen LogP contribution in [-0.4, -0.2) is 30.4 Å². The molecule has 3 N–H and O–H groups in total. The van der Waals surface area contributed by atoms with E-state index in [0.717, 1.165) is 12.1 Å². The summed E-state index contributed by atoms with van der Waals surface area (Å²) in [6.07, 6.45) is 5.39. The topological polar surface area (TPSA) is 58.4 Å². The number of carbonyl (C=O) groups is 1. The van der Waals surface area contributed by atoms with E-state index >= 15 is 0 Å². The second-order valence-corrected chi connectivity index (χ2v) is 6.36. The Morgan fingerprint density at radius 2 is 1.73 bits per heavy atom. The monoisotopic (exact) mass is 303 g/mol. The molecule has 0 bridgehead atoms. The summed E-state index contributed by atoms with van der Waals surface area (Å²) in [4.78, 5) is 14.3. The lowest BCUT2D eigenvalue weighted by Crippen LogP contribution is -2.32. The van der Waals surface area contributed by atoms with Crippen molar-refractivity contribution >= 4 is 5.91 Å². The maximum atomic E-state index is 11.7. The van der Waals surface area contributed by atoms with Crippen molar-refractivity contribution in [2.45, 2.75) is 45.7 Å². The zero-order valence-corrected chi connectivity index (χ0v) is 13.7. The van der Waals surface area contributed by atoms with Gasteiger partial charge in [0.15, 0.2) is 0 Å². The van der Waals surface area contributed by atoms with Gasteiger partial charge in [-0.2, -0.15) is 0 Å². The lowest BCUT2D eigenvalue weighted by atomic mass is 10.1.